The van der Waals surface area contributed by atoms with Gasteiger partial charge in [0.05, 0.1) is 5.56 Å². The molecule has 8 heteroatoms. The number of carbonyl (C=O) groups is 1. The van der Waals surface area contributed by atoms with Crippen LogP contribution in [0.1, 0.15) is 28.6 Å². The van der Waals surface area contributed by atoms with Crippen molar-refractivity contribution >= 4 is 5.91 Å². The van der Waals surface area contributed by atoms with Crippen LogP contribution in [0.5, 0.6) is 0 Å². The van der Waals surface area contributed by atoms with Crippen LogP contribution in [0.2, 0.25) is 0 Å². The Balaban J connectivity index is 1.42. The molecule has 0 saturated carbocycles. The first-order chi connectivity index (χ1) is 15.2. The second-order valence-electron chi connectivity index (χ2n) is 7.95. The molecule has 1 atom stereocenters. The van der Waals surface area contributed by atoms with Gasteiger partial charge in [-0.05, 0) is 48.9 Å². The van der Waals surface area contributed by atoms with Crippen LogP contribution in [-0.4, -0.2) is 41.4 Å². The van der Waals surface area contributed by atoms with Crippen LogP contribution in [0.25, 0.3) is 11.3 Å². The van der Waals surface area contributed by atoms with Gasteiger partial charge in [-0.3, -0.25) is 9.69 Å². The van der Waals surface area contributed by atoms with Crippen molar-refractivity contribution in [1.82, 2.24) is 9.80 Å². The predicted molar refractivity (Wildman–Crippen MR) is 111 cm³/mol. The molecular weight excluding hydrogens is 424 g/mol. The van der Waals surface area contributed by atoms with Gasteiger partial charge < -0.3 is 9.32 Å². The molecule has 1 aliphatic heterocycles. The van der Waals surface area contributed by atoms with Crippen molar-refractivity contribution in [2.45, 2.75) is 25.7 Å². The lowest BCUT2D eigenvalue weighted by atomic mass is 10.1. The molecule has 168 valence electrons. The first-order valence-electron chi connectivity index (χ1n) is 10.3. The number of carbonyl (C=O) groups excluding carboxylic acids is 1. The quantitative estimate of drug-likeness (QED) is 0.500. The van der Waals surface area contributed by atoms with Gasteiger partial charge >= 0.3 is 6.18 Å². The van der Waals surface area contributed by atoms with Crippen LogP contribution in [-0.2, 0) is 12.7 Å². The highest BCUT2D eigenvalue weighted by atomic mass is 19.4. The van der Waals surface area contributed by atoms with Gasteiger partial charge in [0, 0.05) is 37.8 Å². The van der Waals surface area contributed by atoms with E-state index in [-0.39, 0.29) is 34.9 Å². The summed E-state index contributed by atoms with van der Waals surface area (Å²) in [5.41, 5.74) is 0.483. The van der Waals surface area contributed by atoms with Crippen molar-refractivity contribution in [3.05, 3.63) is 83.4 Å². The second-order valence-corrected chi connectivity index (χ2v) is 7.95. The van der Waals surface area contributed by atoms with E-state index in [0.717, 1.165) is 17.7 Å². The first kappa shape index (κ1) is 22.1. The van der Waals surface area contributed by atoms with E-state index in [1.807, 2.05) is 6.92 Å². The fourth-order valence-electron chi connectivity index (χ4n) is 3.92. The SMILES string of the molecule is C[C@H]1CN(Cc2ccc(F)cc2)CCN1C(=O)c1ccc(-c2cccc(C(F)(F)F)c2)o1. The van der Waals surface area contributed by atoms with Crippen molar-refractivity contribution in [2.24, 2.45) is 0 Å². The van der Waals surface area contributed by atoms with Gasteiger partial charge in [0.25, 0.3) is 5.91 Å². The molecule has 0 bridgehead atoms. The van der Waals surface area contributed by atoms with Crippen LogP contribution in [0.3, 0.4) is 0 Å². The molecule has 0 radical (unpaired) electrons. The topological polar surface area (TPSA) is 36.7 Å². The average molecular weight is 446 g/mol. The summed E-state index contributed by atoms with van der Waals surface area (Å²) < 4.78 is 57.7. The summed E-state index contributed by atoms with van der Waals surface area (Å²) >= 11 is 0. The molecule has 0 spiro atoms. The Morgan fingerprint density at radius 3 is 2.50 bits per heavy atom. The summed E-state index contributed by atoms with van der Waals surface area (Å²) in [6.07, 6.45) is -4.45. The Labute approximate surface area is 183 Å². The van der Waals surface area contributed by atoms with Crippen LogP contribution in [0, 0.1) is 5.82 Å². The fourth-order valence-corrected chi connectivity index (χ4v) is 3.92. The lowest BCUT2D eigenvalue weighted by Crippen LogP contribution is -2.53. The van der Waals surface area contributed by atoms with Crippen molar-refractivity contribution < 1.29 is 26.8 Å². The molecule has 3 aromatic rings. The zero-order chi connectivity index (χ0) is 22.9. The Kier molecular flexibility index (Phi) is 6.06. The molecule has 32 heavy (non-hydrogen) atoms. The van der Waals surface area contributed by atoms with Crippen LogP contribution in [0.4, 0.5) is 17.6 Å². The van der Waals surface area contributed by atoms with E-state index in [0.29, 0.717) is 26.2 Å². The van der Waals surface area contributed by atoms with Crippen molar-refractivity contribution in [3.63, 3.8) is 0 Å². The molecule has 0 N–H and O–H groups in total. The minimum absolute atomic E-state index is 0.0844. The maximum absolute atomic E-state index is 13.1. The van der Waals surface area contributed by atoms with Gasteiger partial charge in [-0.2, -0.15) is 13.2 Å². The first-order valence-corrected chi connectivity index (χ1v) is 10.3. The van der Waals surface area contributed by atoms with E-state index in [1.54, 1.807) is 17.0 Å². The Morgan fingerprint density at radius 1 is 1.06 bits per heavy atom. The van der Waals surface area contributed by atoms with Crippen LogP contribution < -0.4 is 0 Å². The normalized spacial score (nSPS) is 17.5. The zero-order valence-electron chi connectivity index (χ0n) is 17.4. The second kappa shape index (κ2) is 8.78. The molecule has 1 amide bonds. The van der Waals surface area contributed by atoms with Crippen LogP contribution >= 0.6 is 0 Å². The highest BCUT2D eigenvalue weighted by Gasteiger charge is 2.32. The number of halogens is 4. The van der Waals surface area contributed by atoms with Gasteiger partial charge in [0.1, 0.15) is 11.6 Å². The molecular formula is C24H22F4N2O2. The standard InChI is InChI=1S/C24H22F4N2O2/c1-16-14-29(15-17-5-7-20(25)8-6-17)11-12-30(16)23(31)22-10-9-21(32-22)18-3-2-4-19(13-18)24(26,27)28/h2-10,13,16H,11-12,14-15H2,1H3/t16-/m0/s1. The maximum Gasteiger partial charge on any atom is 0.416 e. The summed E-state index contributed by atoms with van der Waals surface area (Å²) in [6.45, 7) is 4.37. The van der Waals surface area contributed by atoms with Gasteiger partial charge in [-0.15, -0.1) is 0 Å². The summed E-state index contributed by atoms with van der Waals surface area (Å²) in [7, 11) is 0. The Morgan fingerprint density at radius 2 is 1.81 bits per heavy atom. The lowest BCUT2D eigenvalue weighted by molar-refractivity contribution is -0.137. The predicted octanol–water partition coefficient (Wildman–Crippen LogP) is 5.45. The summed E-state index contributed by atoms with van der Waals surface area (Å²) in [5, 5.41) is 0. The number of benzene rings is 2. The monoisotopic (exact) mass is 446 g/mol. The summed E-state index contributed by atoms with van der Waals surface area (Å²) in [6, 6.07) is 14.1. The number of alkyl halides is 3. The van der Waals surface area contributed by atoms with E-state index in [4.69, 9.17) is 4.42 Å². The van der Waals surface area contributed by atoms with E-state index in [2.05, 4.69) is 4.90 Å². The van der Waals surface area contributed by atoms with E-state index in [9.17, 15) is 22.4 Å². The number of furan rings is 1. The Hall–Kier alpha value is -3.13. The number of hydrogen-bond acceptors (Lipinski definition) is 3. The van der Waals surface area contributed by atoms with Crippen molar-refractivity contribution in [1.29, 1.82) is 0 Å². The smallest absolute Gasteiger partial charge is 0.416 e. The highest BCUT2D eigenvalue weighted by Crippen LogP contribution is 2.33. The molecule has 1 aromatic heterocycles. The minimum atomic E-state index is -4.45. The molecule has 0 unspecified atom stereocenters. The number of hydrogen-bond donors (Lipinski definition) is 0. The number of amides is 1. The third-order valence-corrected chi connectivity index (χ3v) is 5.58. The summed E-state index contributed by atoms with van der Waals surface area (Å²) in [4.78, 5) is 16.9. The molecule has 4 rings (SSSR count). The third kappa shape index (κ3) is 4.85. The lowest BCUT2D eigenvalue weighted by Gasteiger charge is -2.39. The van der Waals surface area contributed by atoms with Crippen molar-refractivity contribution in [3.8, 4) is 11.3 Å². The maximum atomic E-state index is 13.1. The molecule has 2 heterocycles. The molecule has 2 aromatic carbocycles. The molecule has 0 aliphatic carbocycles. The van der Waals surface area contributed by atoms with E-state index in [1.165, 1.54) is 36.4 Å². The average Bonchev–Trinajstić information content (AvgIpc) is 3.25. The van der Waals surface area contributed by atoms with E-state index < -0.39 is 11.7 Å². The molecule has 1 aliphatic rings. The van der Waals surface area contributed by atoms with Gasteiger partial charge in [0.15, 0.2) is 5.76 Å². The van der Waals surface area contributed by atoms with Gasteiger partial charge in [0.2, 0.25) is 0 Å². The zero-order valence-corrected chi connectivity index (χ0v) is 17.4. The molecule has 4 nitrogen and oxygen atoms in total. The van der Waals surface area contributed by atoms with Crippen LogP contribution in [0.15, 0.2) is 65.1 Å². The number of nitrogens with zero attached hydrogens (tertiary/aromatic N) is 2. The van der Waals surface area contributed by atoms with Crippen molar-refractivity contribution in [2.75, 3.05) is 19.6 Å². The third-order valence-electron chi connectivity index (χ3n) is 5.58. The largest absolute Gasteiger partial charge is 0.451 e. The minimum Gasteiger partial charge on any atom is -0.451 e. The van der Waals surface area contributed by atoms with Gasteiger partial charge in [-0.25, -0.2) is 4.39 Å². The number of rotatable bonds is 4. The fraction of sp³-hybridized carbons (Fsp3) is 0.292. The van der Waals surface area contributed by atoms with Gasteiger partial charge in [-0.1, -0.05) is 24.3 Å². The molecule has 1 fully saturated rings. The van der Waals surface area contributed by atoms with E-state index >= 15 is 0 Å². The highest BCUT2D eigenvalue weighted by molar-refractivity contribution is 5.92. The molecule has 1 saturated heterocycles. The summed E-state index contributed by atoms with van der Waals surface area (Å²) in [5.74, 6) is -0.268. The number of piperazine rings is 1. The Bertz CT molecular complexity index is 1090.